The van der Waals surface area contributed by atoms with Crippen molar-refractivity contribution in [3.05, 3.63) is 47.8 Å². The van der Waals surface area contributed by atoms with Gasteiger partial charge in [0.25, 0.3) is 0 Å². The minimum atomic E-state index is 0. The molecule has 1 heterocycles. The summed E-state index contributed by atoms with van der Waals surface area (Å²) < 4.78 is 0. The van der Waals surface area contributed by atoms with E-state index in [4.69, 9.17) is 0 Å². The van der Waals surface area contributed by atoms with Gasteiger partial charge < -0.3 is 0 Å². The van der Waals surface area contributed by atoms with Gasteiger partial charge in [-0.3, -0.25) is 9.97 Å². The summed E-state index contributed by atoms with van der Waals surface area (Å²) in [5.41, 5.74) is 3.64. The Kier molecular flexibility index (Phi) is 11.0. The average Bonchev–Trinajstić information content (AvgIpc) is 2.64. The average molecular weight is 544 g/mol. The largest absolute Gasteiger partial charge is 0.285 e. The Balaban J connectivity index is 0.00000364. The van der Waals surface area contributed by atoms with Crippen molar-refractivity contribution in [2.24, 2.45) is 0 Å². The fourth-order valence-electron chi connectivity index (χ4n) is 3.12. The van der Waals surface area contributed by atoms with Crippen molar-refractivity contribution in [1.29, 1.82) is 0 Å². The van der Waals surface area contributed by atoms with E-state index in [1.807, 2.05) is 12.4 Å². The standard InChI is InChI=1S/C24H35N2.Ir/c1-5-6-7-8-9-10-11-12-13-20-18-25-23(26-19-20)21-14-16-22(17-15-21)24(2,3)4;/h14,16-19H,5-13H2,1-4H3;/q-1;. The van der Waals surface area contributed by atoms with E-state index in [2.05, 4.69) is 61.9 Å². The summed E-state index contributed by atoms with van der Waals surface area (Å²) in [5.74, 6) is 0.769. The molecule has 0 aliphatic rings. The molecular formula is C24H35IrN2-. The molecule has 3 heteroatoms. The number of hydrogen-bond donors (Lipinski definition) is 0. The summed E-state index contributed by atoms with van der Waals surface area (Å²) in [6, 6.07) is 9.63. The SMILES string of the molecule is CCCCCCCCCCc1cnc(-c2[c-]cc(C(C)(C)C)cc2)nc1.[Ir]. The first-order valence-electron chi connectivity index (χ1n) is 10.3. The first kappa shape index (κ1) is 24.0. The Labute approximate surface area is 180 Å². The molecule has 0 amide bonds. The monoisotopic (exact) mass is 544 g/mol. The van der Waals surface area contributed by atoms with Crippen molar-refractivity contribution in [3.63, 3.8) is 0 Å². The van der Waals surface area contributed by atoms with Crippen LogP contribution in [0.3, 0.4) is 0 Å². The second-order valence-electron chi connectivity index (χ2n) is 8.38. The second-order valence-corrected chi connectivity index (χ2v) is 8.38. The minimum Gasteiger partial charge on any atom is -0.285 e. The van der Waals surface area contributed by atoms with Crippen LogP contribution in [0.15, 0.2) is 30.6 Å². The van der Waals surface area contributed by atoms with Crippen molar-refractivity contribution in [1.82, 2.24) is 9.97 Å². The van der Waals surface area contributed by atoms with Gasteiger partial charge in [-0.1, -0.05) is 72.6 Å². The van der Waals surface area contributed by atoms with E-state index in [-0.39, 0.29) is 25.5 Å². The quantitative estimate of drug-likeness (QED) is 0.240. The summed E-state index contributed by atoms with van der Waals surface area (Å²) in [7, 11) is 0. The summed E-state index contributed by atoms with van der Waals surface area (Å²) in [6.45, 7) is 8.91. The number of benzene rings is 1. The molecule has 1 aromatic heterocycles. The van der Waals surface area contributed by atoms with Gasteiger partial charge in [0.15, 0.2) is 0 Å². The number of aryl methyl sites for hydroxylation is 1. The molecule has 0 aliphatic heterocycles. The summed E-state index contributed by atoms with van der Waals surface area (Å²) in [5, 5.41) is 0. The van der Waals surface area contributed by atoms with Gasteiger partial charge in [0.1, 0.15) is 0 Å². The Morgan fingerprint density at radius 2 is 1.44 bits per heavy atom. The maximum atomic E-state index is 4.55. The molecule has 0 spiro atoms. The van der Waals surface area contributed by atoms with E-state index in [1.165, 1.54) is 62.5 Å². The van der Waals surface area contributed by atoms with Crippen molar-refractivity contribution in [2.45, 2.75) is 90.9 Å². The number of nitrogens with zero attached hydrogens (tertiary/aromatic N) is 2. The van der Waals surface area contributed by atoms with Crippen LogP contribution in [-0.2, 0) is 31.9 Å². The van der Waals surface area contributed by atoms with Gasteiger partial charge in [0.2, 0.25) is 0 Å². The molecule has 1 radical (unpaired) electrons. The normalized spacial score (nSPS) is 11.3. The van der Waals surface area contributed by atoms with Crippen LogP contribution in [0.5, 0.6) is 0 Å². The van der Waals surface area contributed by atoms with Crippen LogP contribution in [0.2, 0.25) is 0 Å². The van der Waals surface area contributed by atoms with Gasteiger partial charge >= 0.3 is 0 Å². The van der Waals surface area contributed by atoms with Crippen LogP contribution in [0.25, 0.3) is 11.4 Å². The van der Waals surface area contributed by atoms with Crippen LogP contribution in [0.4, 0.5) is 0 Å². The molecule has 1 aromatic carbocycles. The molecule has 0 bridgehead atoms. The fraction of sp³-hybridized carbons (Fsp3) is 0.583. The van der Waals surface area contributed by atoms with Gasteiger partial charge in [-0.2, -0.15) is 0 Å². The molecule has 0 N–H and O–H groups in total. The Morgan fingerprint density at radius 3 is 1.96 bits per heavy atom. The number of hydrogen-bond acceptors (Lipinski definition) is 2. The van der Waals surface area contributed by atoms with Crippen LogP contribution < -0.4 is 0 Å². The summed E-state index contributed by atoms with van der Waals surface area (Å²) >= 11 is 0. The van der Waals surface area contributed by atoms with Gasteiger partial charge in [-0.15, -0.1) is 35.4 Å². The zero-order valence-electron chi connectivity index (χ0n) is 17.5. The van der Waals surface area contributed by atoms with Crippen molar-refractivity contribution in [3.8, 4) is 11.4 Å². The van der Waals surface area contributed by atoms with Gasteiger partial charge in [-0.25, -0.2) is 0 Å². The van der Waals surface area contributed by atoms with E-state index in [0.717, 1.165) is 17.8 Å². The van der Waals surface area contributed by atoms with Gasteiger partial charge in [0.05, 0.1) is 5.82 Å². The number of unbranched alkanes of at least 4 members (excludes halogenated alkanes) is 7. The molecule has 0 saturated heterocycles. The first-order valence-corrected chi connectivity index (χ1v) is 10.3. The maximum Gasteiger partial charge on any atom is 0.0748 e. The van der Waals surface area contributed by atoms with E-state index in [1.54, 1.807) is 0 Å². The number of rotatable bonds is 10. The molecule has 151 valence electrons. The molecule has 0 saturated carbocycles. The predicted molar refractivity (Wildman–Crippen MR) is 111 cm³/mol. The fourth-order valence-corrected chi connectivity index (χ4v) is 3.12. The molecule has 2 nitrogen and oxygen atoms in total. The second kappa shape index (κ2) is 12.4. The molecule has 0 unspecified atom stereocenters. The summed E-state index contributed by atoms with van der Waals surface area (Å²) in [6.07, 6.45) is 15.9. The van der Waals surface area contributed by atoms with Gasteiger partial charge in [-0.05, 0) is 23.8 Å². The molecule has 27 heavy (non-hydrogen) atoms. The smallest absolute Gasteiger partial charge is 0.0748 e. The summed E-state index contributed by atoms with van der Waals surface area (Å²) in [4.78, 5) is 9.09. The van der Waals surface area contributed by atoms with Crippen LogP contribution >= 0.6 is 0 Å². The van der Waals surface area contributed by atoms with E-state index in [9.17, 15) is 0 Å². The molecule has 0 fully saturated rings. The zero-order chi connectivity index (χ0) is 18.8. The van der Waals surface area contributed by atoms with E-state index < -0.39 is 0 Å². The van der Waals surface area contributed by atoms with E-state index in [0.29, 0.717) is 0 Å². The number of aromatic nitrogens is 2. The third-order valence-corrected chi connectivity index (χ3v) is 4.94. The molecule has 2 rings (SSSR count). The Bertz CT molecular complexity index is 627. The first-order chi connectivity index (χ1) is 12.5. The Morgan fingerprint density at radius 1 is 0.852 bits per heavy atom. The van der Waals surface area contributed by atoms with Gasteiger partial charge in [0, 0.05) is 32.5 Å². The minimum absolute atomic E-state index is 0. The third-order valence-electron chi connectivity index (χ3n) is 4.94. The predicted octanol–water partition coefficient (Wildman–Crippen LogP) is 6.92. The topological polar surface area (TPSA) is 25.8 Å². The molecule has 2 aromatic rings. The van der Waals surface area contributed by atoms with Crippen molar-refractivity contribution in [2.75, 3.05) is 0 Å². The van der Waals surface area contributed by atoms with Crippen molar-refractivity contribution < 1.29 is 20.1 Å². The zero-order valence-corrected chi connectivity index (χ0v) is 19.9. The maximum absolute atomic E-state index is 4.55. The third kappa shape index (κ3) is 8.66. The van der Waals surface area contributed by atoms with E-state index >= 15 is 0 Å². The molecule has 0 atom stereocenters. The molecular weight excluding hydrogens is 508 g/mol. The van der Waals surface area contributed by atoms with Crippen molar-refractivity contribution >= 4 is 0 Å². The van der Waals surface area contributed by atoms with Crippen LogP contribution in [-0.4, -0.2) is 9.97 Å². The Hall–Kier alpha value is -1.05. The molecule has 0 aliphatic carbocycles. The van der Waals surface area contributed by atoms with Crippen LogP contribution in [0, 0.1) is 6.07 Å². The van der Waals surface area contributed by atoms with Crippen LogP contribution in [0.1, 0.15) is 90.2 Å².